The highest BCUT2D eigenvalue weighted by Crippen LogP contribution is 1.74. The molecule has 0 fully saturated rings. The molecule has 0 amide bonds. The Morgan fingerprint density at radius 2 is 1.15 bits per heavy atom. The van der Waals surface area contributed by atoms with Crippen molar-refractivity contribution in [3.63, 3.8) is 0 Å². The van der Waals surface area contributed by atoms with Crippen molar-refractivity contribution in [1.29, 1.82) is 0 Å². The van der Waals surface area contributed by atoms with Crippen molar-refractivity contribution in [1.82, 2.24) is 4.90 Å². The summed E-state index contributed by atoms with van der Waals surface area (Å²) in [6.07, 6.45) is 4.18. The first-order chi connectivity index (χ1) is 6.27. The second-order valence-corrected chi connectivity index (χ2v) is 1.83. The van der Waals surface area contributed by atoms with E-state index in [4.69, 9.17) is 0 Å². The third kappa shape index (κ3) is 80.4. The van der Waals surface area contributed by atoms with Crippen molar-refractivity contribution < 1.29 is 0 Å². The highest BCUT2D eigenvalue weighted by atomic mass is 15.0. The number of nitrogens with zero attached hydrogens (tertiary/aromatic N) is 1. The Hall–Kier alpha value is -0.300. The van der Waals surface area contributed by atoms with Crippen LogP contribution >= 0.6 is 0 Å². The molecular formula is C12H31N. The molecule has 1 heteroatoms. The van der Waals surface area contributed by atoms with Crippen LogP contribution < -0.4 is 0 Å². The lowest BCUT2D eigenvalue weighted by Crippen LogP contribution is -2.10. The molecule has 0 aromatic rings. The maximum atomic E-state index is 2.12. The van der Waals surface area contributed by atoms with Crippen molar-refractivity contribution >= 4 is 0 Å². The average molecular weight is 189 g/mol. The molecule has 0 aliphatic rings. The van der Waals surface area contributed by atoms with E-state index in [0.29, 0.717) is 0 Å². The summed E-state index contributed by atoms with van der Waals surface area (Å²) in [6.45, 7) is 15.1. The molecule has 0 bridgehead atoms. The van der Waals surface area contributed by atoms with Gasteiger partial charge in [0.05, 0.1) is 0 Å². The van der Waals surface area contributed by atoms with Crippen LogP contribution in [0, 0.1) is 0 Å². The van der Waals surface area contributed by atoms with E-state index in [1.165, 1.54) is 0 Å². The average Bonchev–Trinajstić information content (AvgIpc) is 2.24. The Morgan fingerprint density at radius 1 is 0.846 bits per heavy atom. The highest BCUT2D eigenvalue weighted by Gasteiger charge is 1.77. The van der Waals surface area contributed by atoms with Gasteiger partial charge in [0.1, 0.15) is 0 Å². The second kappa shape index (κ2) is 41.2. The van der Waals surface area contributed by atoms with Gasteiger partial charge in [0.15, 0.2) is 0 Å². The maximum absolute atomic E-state index is 2.12. The summed E-state index contributed by atoms with van der Waals surface area (Å²) in [5.74, 6) is 0. The van der Waals surface area contributed by atoms with E-state index in [9.17, 15) is 0 Å². The molecule has 84 valence electrons. The van der Waals surface area contributed by atoms with Gasteiger partial charge in [-0.15, -0.1) is 0 Å². The van der Waals surface area contributed by atoms with Crippen molar-refractivity contribution in [3.8, 4) is 0 Å². The van der Waals surface area contributed by atoms with Gasteiger partial charge in [-0.25, -0.2) is 0 Å². The molecule has 13 heavy (non-hydrogen) atoms. The van der Waals surface area contributed by atoms with Crippen LogP contribution in [0.5, 0.6) is 0 Å². The van der Waals surface area contributed by atoms with E-state index in [-0.39, 0.29) is 0 Å². The van der Waals surface area contributed by atoms with Gasteiger partial charge in [-0.05, 0) is 21.0 Å². The van der Waals surface area contributed by atoms with E-state index < -0.39 is 0 Å². The van der Waals surface area contributed by atoms with Gasteiger partial charge < -0.3 is 4.90 Å². The zero-order valence-electron chi connectivity index (χ0n) is 11.3. The monoisotopic (exact) mass is 189 g/mol. The van der Waals surface area contributed by atoms with Crippen LogP contribution in [0.2, 0.25) is 0 Å². The molecule has 0 N–H and O–H groups in total. The molecule has 0 unspecified atom stereocenters. The third-order valence-electron chi connectivity index (χ3n) is 0.706. The quantitative estimate of drug-likeness (QED) is 0.588. The van der Waals surface area contributed by atoms with Gasteiger partial charge in [-0.2, -0.15) is 0 Å². The number of likely N-dealkylation sites (N-methyl/N-ethyl adjacent to an activating group) is 1. The molecule has 0 radical (unpaired) electrons. The molecule has 0 saturated carbocycles. The standard InChI is InChI=1S/C6H13N.3C2H6/c1-4-5-6-7(2)3;3*1-2/h4-5H,6H2,1-3H3;3*1-2H3/b5-4-;;;. The fraction of sp³-hybridized carbons (Fsp3) is 0.833. The van der Waals surface area contributed by atoms with E-state index in [2.05, 4.69) is 31.1 Å². The Kier molecular flexibility index (Phi) is 72.8. The molecule has 0 atom stereocenters. The second-order valence-electron chi connectivity index (χ2n) is 1.83. The highest BCUT2D eigenvalue weighted by molar-refractivity contribution is 4.78. The largest absolute Gasteiger partial charge is 0.306 e. The predicted molar refractivity (Wildman–Crippen MR) is 67.4 cm³/mol. The van der Waals surface area contributed by atoms with E-state index in [0.717, 1.165) is 6.54 Å². The lowest BCUT2D eigenvalue weighted by Gasteiger charge is -2.02. The van der Waals surface area contributed by atoms with Gasteiger partial charge in [0, 0.05) is 6.54 Å². The van der Waals surface area contributed by atoms with Gasteiger partial charge in [0.2, 0.25) is 0 Å². The van der Waals surface area contributed by atoms with Crippen molar-refractivity contribution in [2.75, 3.05) is 20.6 Å². The van der Waals surface area contributed by atoms with Gasteiger partial charge in [0.25, 0.3) is 0 Å². The van der Waals surface area contributed by atoms with Crippen LogP contribution in [0.3, 0.4) is 0 Å². The first kappa shape index (κ1) is 23.0. The van der Waals surface area contributed by atoms with Crippen LogP contribution in [0.25, 0.3) is 0 Å². The minimum absolute atomic E-state index is 1.05. The van der Waals surface area contributed by atoms with Crippen LogP contribution in [0.4, 0.5) is 0 Å². The number of rotatable bonds is 2. The number of allylic oxidation sites excluding steroid dienone is 1. The molecule has 0 spiro atoms. The summed E-state index contributed by atoms with van der Waals surface area (Å²) >= 11 is 0. The Morgan fingerprint density at radius 3 is 1.23 bits per heavy atom. The maximum Gasteiger partial charge on any atom is 0.0157 e. The van der Waals surface area contributed by atoms with E-state index >= 15 is 0 Å². The van der Waals surface area contributed by atoms with Crippen LogP contribution in [-0.4, -0.2) is 25.5 Å². The fourth-order valence-corrected chi connectivity index (χ4v) is 0.316. The molecule has 0 aliphatic heterocycles. The summed E-state index contributed by atoms with van der Waals surface area (Å²) in [7, 11) is 4.11. The zero-order valence-corrected chi connectivity index (χ0v) is 11.3. The van der Waals surface area contributed by atoms with Crippen molar-refractivity contribution in [2.24, 2.45) is 0 Å². The molecular weight excluding hydrogens is 158 g/mol. The molecule has 0 saturated heterocycles. The molecule has 1 nitrogen and oxygen atoms in total. The van der Waals surface area contributed by atoms with Crippen molar-refractivity contribution in [2.45, 2.75) is 48.5 Å². The number of hydrogen-bond donors (Lipinski definition) is 0. The molecule has 0 aromatic carbocycles. The topological polar surface area (TPSA) is 3.24 Å². The van der Waals surface area contributed by atoms with Crippen LogP contribution in [0.1, 0.15) is 48.5 Å². The summed E-state index contributed by atoms with van der Waals surface area (Å²) < 4.78 is 0. The first-order valence-electron chi connectivity index (χ1n) is 5.53. The predicted octanol–water partition coefficient (Wildman–Crippen LogP) is 4.20. The number of hydrogen-bond acceptors (Lipinski definition) is 1. The summed E-state index contributed by atoms with van der Waals surface area (Å²) in [5, 5.41) is 0. The third-order valence-corrected chi connectivity index (χ3v) is 0.706. The Bertz CT molecular complexity index is 56.1. The van der Waals surface area contributed by atoms with Gasteiger partial charge in [-0.1, -0.05) is 53.7 Å². The fourth-order valence-electron chi connectivity index (χ4n) is 0.316. The Labute approximate surface area is 86.8 Å². The first-order valence-corrected chi connectivity index (χ1v) is 5.53. The van der Waals surface area contributed by atoms with Crippen LogP contribution in [0.15, 0.2) is 12.2 Å². The molecule has 0 heterocycles. The van der Waals surface area contributed by atoms with Gasteiger partial charge in [-0.3, -0.25) is 0 Å². The summed E-state index contributed by atoms with van der Waals surface area (Å²) in [6, 6.07) is 0. The van der Waals surface area contributed by atoms with Crippen LogP contribution in [-0.2, 0) is 0 Å². The molecule has 0 aliphatic carbocycles. The van der Waals surface area contributed by atoms with E-state index in [1.807, 2.05) is 48.5 Å². The lowest BCUT2D eigenvalue weighted by atomic mass is 10.5. The Balaban J connectivity index is -0.0000000573. The minimum Gasteiger partial charge on any atom is -0.306 e. The molecule has 0 aromatic heterocycles. The van der Waals surface area contributed by atoms with E-state index in [1.54, 1.807) is 0 Å². The molecule has 0 rings (SSSR count). The van der Waals surface area contributed by atoms with Gasteiger partial charge >= 0.3 is 0 Å². The van der Waals surface area contributed by atoms with Crippen molar-refractivity contribution in [3.05, 3.63) is 12.2 Å². The summed E-state index contributed by atoms with van der Waals surface area (Å²) in [5.41, 5.74) is 0. The minimum atomic E-state index is 1.05. The normalized spacial score (nSPS) is 7.54. The zero-order chi connectivity index (χ0) is 11.7. The summed E-state index contributed by atoms with van der Waals surface area (Å²) in [4.78, 5) is 2.12. The smallest absolute Gasteiger partial charge is 0.0157 e. The SMILES string of the molecule is C/C=C\CN(C)C.CC.CC.CC. The lowest BCUT2D eigenvalue weighted by molar-refractivity contribution is 0.456.